The summed E-state index contributed by atoms with van der Waals surface area (Å²) < 4.78 is 30.7. The third-order valence-corrected chi connectivity index (χ3v) is 9.71. The van der Waals surface area contributed by atoms with E-state index in [2.05, 4.69) is 34.1 Å². The number of carboxylic acids is 2. The number of rotatable bonds is 13. The molecule has 6 rings (SSSR count). The first kappa shape index (κ1) is 43.2. The highest BCUT2D eigenvalue weighted by Gasteiger charge is 2.21. The van der Waals surface area contributed by atoms with Crippen molar-refractivity contribution in [1.29, 1.82) is 0 Å². The van der Waals surface area contributed by atoms with Crippen LogP contribution in [0.4, 0.5) is 4.39 Å². The number of allylic oxidation sites excluding steroid dienone is 1. The van der Waals surface area contributed by atoms with Crippen molar-refractivity contribution in [3.8, 4) is 23.1 Å². The lowest BCUT2D eigenvalue weighted by Crippen LogP contribution is -2.47. The van der Waals surface area contributed by atoms with Gasteiger partial charge in [-0.25, -0.2) is 19.0 Å². The maximum absolute atomic E-state index is 13.2. The van der Waals surface area contributed by atoms with Gasteiger partial charge in [0, 0.05) is 61.9 Å². The van der Waals surface area contributed by atoms with Crippen LogP contribution < -0.4 is 14.2 Å². The molecule has 58 heavy (non-hydrogen) atoms. The quantitative estimate of drug-likeness (QED) is 0.0875. The number of piperazine rings is 1. The van der Waals surface area contributed by atoms with Crippen molar-refractivity contribution in [3.63, 3.8) is 0 Å². The number of pyridine rings is 1. The van der Waals surface area contributed by atoms with Crippen LogP contribution in [0.2, 0.25) is 10.0 Å². The second-order valence-electron chi connectivity index (χ2n) is 13.3. The molecule has 1 saturated heterocycles. The van der Waals surface area contributed by atoms with Crippen LogP contribution in [0.1, 0.15) is 34.7 Å². The molecule has 0 bridgehead atoms. The number of carbonyl (C=O) groups excluding carboxylic acids is 1. The summed E-state index contributed by atoms with van der Waals surface area (Å²) in [7, 11) is 0. The van der Waals surface area contributed by atoms with Gasteiger partial charge in [-0.3, -0.25) is 9.69 Å². The molecule has 1 amide bonds. The third-order valence-electron chi connectivity index (χ3n) is 9.06. The highest BCUT2D eigenvalue weighted by Crippen LogP contribution is 2.35. The van der Waals surface area contributed by atoms with Gasteiger partial charge >= 0.3 is 11.9 Å². The van der Waals surface area contributed by atoms with Gasteiger partial charge in [-0.2, -0.15) is 0 Å². The van der Waals surface area contributed by atoms with Crippen molar-refractivity contribution < 1.29 is 43.2 Å². The minimum absolute atomic E-state index is 0.0143. The molecule has 0 atom stereocenters. The Balaban J connectivity index is 0.000000992. The number of aliphatic carboxylic acids is 2. The minimum atomic E-state index is -1.82. The van der Waals surface area contributed by atoms with Gasteiger partial charge in [-0.05, 0) is 90.2 Å². The van der Waals surface area contributed by atoms with Crippen molar-refractivity contribution >= 4 is 46.6 Å². The van der Waals surface area contributed by atoms with E-state index in [1.165, 1.54) is 23.3 Å². The first-order valence-electron chi connectivity index (χ1n) is 18.3. The van der Waals surface area contributed by atoms with Gasteiger partial charge in [0.05, 0.1) is 17.8 Å². The number of hydrogen-bond donors (Lipinski definition) is 2. The van der Waals surface area contributed by atoms with E-state index in [9.17, 15) is 9.18 Å². The average molecular weight is 831 g/mol. The Morgan fingerprint density at radius 1 is 0.810 bits per heavy atom. The summed E-state index contributed by atoms with van der Waals surface area (Å²) in [6, 6.07) is 29.4. The number of hydrogen-bond acceptors (Lipinski definition) is 8. The summed E-state index contributed by atoms with van der Waals surface area (Å²) in [6.45, 7) is 8.42. The van der Waals surface area contributed by atoms with E-state index in [1.54, 1.807) is 36.5 Å². The predicted octanol–water partition coefficient (Wildman–Crippen LogP) is 8.73. The molecular weight excluding hydrogens is 788 g/mol. The van der Waals surface area contributed by atoms with Crippen molar-refractivity contribution in [2.24, 2.45) is 0 Å². The molecular formula is C44H42Cl2FN3O8. The van der Waals surface area contributed by atoms with Crippen LogP contribution in [0.25, 0.3) is 5.57 Å². The maximum Gasteiger partial charge on any atom is 0.414 e. The zero-order valence-corrected chi connectivity index (χ0v) is 33.4. The zero-order valence-electron chi connectivity index (χ0n) is 31.9. The summed E-state index contributed by atoms with van der Waals surface area (Å²) in [6.07, 6.45) is 4.05. The zero-order chi connectivity index (χ0) is 41.6. The maximum atomic E-state index is 13.2. The summed E-state index contributed by atoms with van der Waals surface area (Å²) in [5.74, 6) is -1.80. The number of amides is 1. The lowest BCUT2D eigenvalue weighted by Gasteiger charge is -2.34. The molecule has 302 valence electrons. The predicted molar refractivity (Wildman–Crippen MR) is 219 cm³/mol. The monoisotopic (exact) mass is 829 g/mol. The van der Waals surface area contributed by atoms with Crippen LogP contribution >= 0.6 is 23.2 Å². The lowest BCUT2D eigenvalue weighted by molar-refractivity contribution is -0.159. The second-order valence-corrected chi connectivity index (χ2v) is 14.1. The Bertz CT molecular complexity index is 2180. The number of ether oxygens (including phenoxy) is 3. The Morgan fingerprint density at radius 2 is 1.47 bits per heavy atom. The van der Waals surface area contributed by atoms with Crippen LogP contribution in [0.5, 0.6) is 23.1 Å². The van der Waals surface area contributed by atoms with Gasteiger partial charge in [0.25, 0.3) is 0 Å². The van der Waals surface area contributed by atoms with Gasteiger partial charge < -0.3 is 29.3 Å². The fraction of sp³-hybridized carbons (Fsp3) is 0.227. The molecule has 2 N–H and O–H groups in total. The molecule has 1 fully saturated rings. The van der Waals surface area contributed by atoms with Crippen molar-refractivity contribution in [3.05, 3.63) is 153 Å². The van der Waals surface area contributed by atoms with Gasteiger partial charge in [0.2, 0.25) is 11.8 Å². The third kappa shape index (κ3) is 13.1. The van der Waals surface area contributed by atoms with E-state index in [4.69, 9.17) is 57.2 Å². The molecule has 0 saturated carbocycles. The molecule has 0 radical (unpaired) electrons. The average Bonchev–Trinajstić information content (AvgIpc) is 3.21. The molecule has 0 unspecified atom stereocenters. The highest BCUT2D eigenvalue weighted by molar-refractivity contribution is 6.32. The van der Waals surface area contributed by atoms with E-state index < -0.39 is 11.9 Å². The van der Waals surface area contributed by atoms with E-state index in [1.807, 2.05) is 55.1 Å². The molecule has 1 aromatic heterocycles. The normalized spacial score (nSPS) is 12.9. The number of aryl methyl sites for hydroxylation is 1. The Kier molecular flexibility index (Phi) is 15.6. The Labute approximate surface area is 345 Å². The molecule has 0 spiro atoms. The van der Waals surface area contributed by atoms with Crippen molar-refractivity contribution in [1.82, 2.24) is 14.8 Å². The van der Waals surface area contributed by atoms with E-state index in [0.29, 0.717) is 59.5 Å². The molecule has 11 nitrogen and oxygen atoms in total. The summed E-state index contributed by atoms with van der Waals surface area (Å²) in [4.78, 5) is 40.1. The fourth-order valence-corrected chi connectivity index (χ4v) is 6.35. The van der Waals surface area contributed by atoms with Crippen LogP contribution in [0.3, 0.4) is 0 Å². The first-order valence-corrected chi connectivity index (χ1v) is 19.0. The Hall–Kier alpha value is -5.95. The summed E-state index contributed by atoms with van der Waals surface area (Å²) in [5, 5.41) is 15.9. The standard InChI is InChI=1S/C42H40Cl2FN3O4.C2H2O4/c1-29(34-23-30(2)42(39(44)25-34)52-40-16-15-37(26-46-40)51-28-33-5-3-4-6-38(33)43)24-41(49)48-20-18-47(19-21-48)27-32-9-7-31(8-10-32)17-22-50-36-13-11-35(45)12-14-36;3-1(4)2(5)6/h3-16,23-26H,17-22,27-28H2,1-2H3;(H,3,4)(H,5,6)/b29-24+;. The first-order chi connectivity index (χ1) is 27.8. The lowest BCUT2D eigenvalue weighted by atomic mass is 10.0. The van der Waals surface area contributed by atoms with E-state index >= 15 is 0 Å². The van der Waals surface area contributed by atoms with Gasteiger partial charge in [0.15, 0.2) is 5.75 Å². The SMILES string of the molecule is C/C(=C\C(=O)N1CCN(Cc2ccc(CCOc3ccc(F)cc3)cc2)CC1)c1cc(C)c(Oc2ccc(OCc3ccccc3Cl)cn2)c(Cl)c1.O=C(O)C(=O)O. The highest BCUT2D eigenvalue weighted by atomic mass is 35.5. The number of carbonyl (C=O) groups is 3. The largest absolute Gasteiger partial charge is 0.493 e. The molecule has 2 heterocycles. The van der Waals surface area contributed by atoms with Gasteiger partial charge in [0.1, 0.15) is 23.9 Å². The van der Waals surface area contributed by atoms with E-state index in [0.717, 1.165) is 48.3 Å². The smallest absolute Gasteiger partial charge is 0.414 e. The number of aromatic nitrogens is 1. The van der Waals surface area contributed by atoms with Crippen LogP contribution in [-0.4, -0.2) is 75.6 Å². The minimum Gasteiger partial charge on any atom is -0.493 e. The number of nitrogens with zero attached hydrogens (tertiary/aromatic N) is 3. The number of carboxylic acid groups (broad SMARTS) is 2. The topological polar surface area (TPSA) is 139 Å². The summed E-state index contributed by atoms with van der Waals surface area (Å²) >= 11 is 12.9. The fourth-order valence-electron chi connectivity index (χ4n) is 5.85. The van der Waals surface area contributed by atoms with E-state index in [-0.39, 0.29) is 11.7 Å². The number of halogens is 3. The molecule has 14 heteroatoms. The van der Waals surface area contributed by atoms with Crippen LogP contribution in [0, 0.1) is 12.7 Å². The summed E-state index contributed by atoms with van der Waals surface area (Å²) in [5.41, 5.74) is 5.79. The number of benzene rings is 4. The van der Waals surface area contributed by atoms with Crippen LogP contribution in [0.15, 0.2) is 109 Å². The molecule has 0 aliphatic carbocycles. The second kappa shape index (κ2) is 21.0. The van der Waals surface area contributed by atoms with Crippen LogP contribution in [-0.2, 0) is 34.0 Å². The van der Waals surface area contributed by atoms with Gasteiger partial charge in [-0.15, -0.1) is 0 Å². The molecule has 5 aromatic rings. The Morgan fingerprint density at radius 3 is 2.09 bits per heavy atom. The van der Waals surface area contributed by atoms with Crippen molar-refractivity contribution in [2.45, 2.75) is 33.4 Å². The van der Waals surface area contributed by atoms with Gasteiger partial charge in [-0.1, -0.05) is 65.7 Å². The molecule has 1 aliphatic heterocycles. The van der Waals surface area contributed by atoms with Crippen molar-refractivity contribution in [2.75, 3.05) is 32.8 Å². The molecule has 4 aromatic carbocycles. The molecule has 1 aliphatic rings.